The van der Waals surface area contributed by atoms with Gasteiger partial charge in [0.25, 0.3) is 0 Å². The molecule has 2 N–H and O–H groups in total. The van der Waals surface area contributed by atoms with Crippen LogP contribution in [-0.2, 0) is 5.60 Å². The van der Waals surface area contributed by atoms with Crippen LogP contribution in [-0.4, -0.2) is 14.7 Å². The normalized spacial score (nSPS) is 12.6. The fourth-order valence-electron chi connectivity index (χ4n) is 2.02. The molecule has 0 bridgehead atoms. The van der Waals surface area contributed by atoms with E-state index >= 15 is 0 Å². The van der Waals surface area contributed by atoms with Crippen LogP contribution in [0.4, 0.5) is 0 Å². The first-order valence-electron chi connectivity index (χ1n) is 5.78. The number of nitrogens with zero attached hydrogens (tertiary/aromatic N) is 1. The predicted octanol–water partition coefficient (Wildman–Crippen LogP) is 2.14. The van der Waals surface area contributed by atoms with E-state index in [1.165, 1.54) is 0 Å². The Morgan fingerprint density at radius 2 is 2.00 bits per heavy atom. The zero-order chi connectivity index (χ0) is 12.8. The number of aromatic amines is 1. The number of fused-ring (bicyclic) bond motifs is 1. The third-order valence-electron chi connectivity index (χ3n) is 2.94. The second-order valence-corrected chi connectivity index (χ2v) is 5.18. The van der Waals surface area contributed by atoms with Crippen molar-refractivity contribution in [3.8, 4) is 0 Å². The zero-order valence-corrected chi connectivity index (χ0v) is 10.6. The van der Waals surface area contributed by atoms with Gasteiger partial charge in [-0.3, -0.25) is 4.57 Å². The highest BCUT2D eigenvalue weighted by Crippen LogP contribution is 2.23. The van der Waals surface area contributed by atoms with Crippen molar-refractivity contribution in [1.82, 2.24) is 9.55 Å². The van der Waals surface area contributed by atoms with Gasteiger partial charge < -0.3 is 10.1 Å². The fourth-order valence-corrected chi connectivity index (χ4v) is 2.02. The molecular weight excluding hydrogens is 216 g/mol. The van der Waals surface area contributed by atoms with Gasteiger partial charge in [0, 0.05) is 6.04 Å². The van der Waals surface area contributed by atoms with Crippen LogP contribution in [0.1, 0.15) is 39.3 Å². The van der Waals surface area contributed by atoms with Crippen LogP contribution >= 0.6 is 0 Å². The molecule has 1 aromatic carbocycles. The molecule has 17 heavy (non-hydrogen) atoms. The standard InChI is InChI=1S/C13H18N2O2/c1-8(2)15-11-6-5-9(13(3,4)17)7-10(11)14-12(15)16/h5-8,17H,1-4H3,(H,14,16). The van der Waals surface area contributed by atoms with Gasteiger partial charge in [0.05, 0.1) is 16.6 Å². The lowest BCUT2D eigenvalue weighted by Gasteiger charge is -2.17. The first-order chi connectivity index (χ1) is 7.80. The van der Waals surface area contributed by atoms with E-state index in [0.717, 1.165) is 16.6 Å². The van der Waals surface area contributed by atoms with E-state index in [4.69, 9.17) is 0 Å². The van der Waals surface area contributed by atoms with E-state index in [0.29, 0.717) is 0 Å². The van der Waals surface area contributed by atoms with Gasteiger partial charge in [-0.2, -0.15) is 0 Å². The van der Waals surface area contributed by atoms with Crippen LogP contribution in [0.2, 0.25) is 0 Å². The molecule has 1 aromatic heterocycles. The number of aromatic nitrogens is 2. The highest BCUT2D eigenvalue weighted by molar-refractivity contribution is 5.76. The van der Waals surface area contributed by atoms with Crippen molar-refractivity contribution < 1.29 is 5.11 Å². The molecule has 0 aliphatic carbocycles. The lowest BCUT2D eigenvalue weighted by atomic mass is 9.98. The van der Waals surface area contributed by atoms with Crippen LogP contribution in [0, 0.1) is 0 Å². The predicted molar refractivity (Wildman–Crippen MR) is 68.2 cm³/mol. The molecule has 0 atom stereocenters. The maximum Gasteiger partial charge on any atom is 0.326 e. The molecule has 2 aromatic rings. The van der Waals surface area contributed by atoms with E-state index in [9.17, 15) is 9.90 Å². The number of H-pyrrole nitrogens is 1. The summed E-state index contributed by atoms with van der Waals surface area (Å²) < 4.78 is 1.71. The minimum Gasteiger partial charge on any atom is -0.386 e. The molecule has 2 rings (SSSR count). The van der Waals surface area contributed by atoms with Crippen molar-refractivity contribution >= 4 is 11.0 Å². The molecule has 1 heterocycles. The number of aliphatic hydroxyl groups is 1. The van der Waals surface area contributed by atoms with Crippen molar-refractivity contribution in [2.24, 2.45) is 0 Å². The molecule has 0 fully saturated rings. The summed E-state index contributed by atoms with van der Waals surface area (Å²) in [5.74, 6) is 0. The minimum atomic E-state index is -0.898. The van der Waals surface area contributed by atoms with E-state index in [2.05, 4.69) is 4.98 Å². The molecule has 0 aliphatic heterocycles. The Morgan fingerprint density at radius 3 is 2.53 bits per heavy atom. The van der Waals surface area contributed by atoms with Crippen LogP contribution in [0.15, 0.2) is 23.0 Å². The molecular formula is C13H18N2O2. The molecule has 0 aliphatic rings. The van der Waals surface area contributed by atoms with Crippen LogP contribution in [0.5, 0.6) is 0 Å². The Hall–Kier alpha value is -1.55. The van der Waals surface area contributed by atoms with Gasteiger partial charge in [0.15, 0.2) is 0 Å². The van der Waals surface area contributed by atoms with E-state index < -0.39 is 5.60 Å². The van der Waals surface area contributed by atoms with Gasteiger partial charge in [0.1, 0.15) is 0 Å². The zero-order valence-electron chi connectivity index (χ0n) is 10.6. The molecule has 92 valence electrons. The number of hydrogen-bond acceptors (Lipinski definition) is 2. The second-order valence-electron chi connectivity index (χ2n) is 5.18. The Morgan fingerprint density at radius 1 is 1.35 bits per heavy atom. The van der Waals surface area contributed by atoms with Crippen molar-refractivity contribution in [1.29, 1.82) is 0 Å². The molecule has 4 heteroatoms. The fraction of sp³-hybridized carbons (Fsp3) is 0.462. The summed E-state index contributed by atoms with van der Waals surface area (Å²) in [7, 11) is 0. The number of nitrogens with one attached hydrogen (secondary N) is 1. The average molecular weight is 234 g/mol. The Labute approximate surface area is 99.9 Å². The number of rotatable bonds is 2. The number of benzene rings is 1. The first-order valence-corrected chi connectivity index (χ1v) is 5.78. The summed E-state index contributed by atoms with van der Waals surface area (Å²) in [6.07, 6.45) is 0. The SMILES string of the molecule is CC(C)n1c(=O)[nH]c2cc(C(C)(C)O)ccc21. The molecule has 0 radical (unpaired) electrons. The van der Waals surface area contributed by atoms with Crippen LogP contribution in [0.25, 0.3) is 11.0 Å². The highest BCUT2D eigenvalue weighted by Gasteiger charge is 2.18. The van der Waals surface area contributed by atoms with Gasteiger partial charge in [-0.1, -0.05) is 6.07 Å². The quantitative estimate of drug-likeness (QED) is 0.836. The molecule has 0 unspecified atom stereocenters. The summed E-state index contributed by atoms with van der Waals surface area (Å²) in [4.78, 5) is 14.6. The summed E-state index contributed by atoms with van der Waals surface area (Å²) in [6.45, 7) is 7.40. The van der Waals surface area contributed by atoms with Crippen molar-refractivity contribution in [3.05, 3.63) is 34.2 Å². The first kappa shape index (κ1) is 11.9. The number of imidazole rings is 1. The number of hydrogen-bond donors (Lipinski definition) is 2. The lowest BCUT2D eigenvalue weighted by Crippen LogP contribution is -2.18. The van der Waals surface area contributed by atoms with Gasteiger partial charge in [-0.25, -0.2) is 4.79 Å². The Balaban J connectivity index is 2.70. The van der Waals surface area contributed by atoms with Crippen molar-refractivity contribution in [3.63, 3.8) is 0 Å². The van der Waals surface area contributed by atoms with Crippen molar-refractivity contribution in [2.75, 3.05) is 0 Å². The molecule has 4 nitrogen and oxygen atoms in total. The minimum absolute atomic E-state index is 0.108. The van der Waals surface area contributed by atoms with Gasteiger partial charge >= 0.3 is 5.69 Å². The third-order valence-corrected chi connectivity index (χ3v) is 2.94. The van der Waals surface area contributed by atoms with Gasteiger partial charge in [-0.15, -0.1) is 0 Å². The summed E-state index contributed by atoms with van der Waals surface area (Å²) in [6, 6.07) is 5.68. The topological polar surface area (TPSA) is 58.0 Å². The monoisotopic (exact) mass is 234 g/mol. The van der Waals surface area contributed by atoms with E-state index in [1.807, 2.05) is 32.0 Å². The Bertz CT molecular complexity index is 600. The summed E-state index contributed by atoms with van der Waals surface area (Å²) >= 11 is 0. The van der Waals surface area contributed by atoms with Crippen LogP contribution in [0.3, 0.4) is 0 Å². The summed E-state index contributed by atoms with van der Waals surface area (Å²) in [5.41, 5.74) is 1.43. The van der Waals surface area contributed by atoms with Crippen LogP contribution < -0.4 is 5.69 Å². The van der Waals surface area contributed by atoms with Crippen molar-refractivity contribution in [2.45, 2.75) is 39.3 Å². The van der Waals surface area contributed by atoms with E-state index in [1.54, 1.807) is 18.4 Å². The maximum atomic E-state index is 11.8. The van der Waals surface area contributed by atoms with E-state index in [-0.39, 0.29) is 11.7 Å². The maximum absolute atomic E-state index is 11.8. The smallest absolute Gasteiger partial charge is 0.326 e. The Kier molecular flexibility index (Phi) is 2.62. The van der Waals surface area contributed by atoms with Gasteiger partial charge in [-0.05, 0) is 45.4 Å². The second kappa shape index (κ2) is 3.74. The lowest BCUT2D eigenvalue weighted by molar-refractivity contribution is 0.0787. The molecule has 0 amide bonds. The molecule has 0 saturated heterocycles. The largest absolute Gasteiger partial charge is 0.386 e. The molecule has 0 saturated carbocycles. The highest BCUT2D eigenvalue weighted by atomic mass is 16.3. The third kappa shape index (κ3) is 2.00. The average Bonchev–Trinajstić information content (AvgIpc) is 2.50. The van der Waals surface area contributed by atoms with Gasteiger partial charge in [0.2, 0.25) is 0 Å². The summed E-state index contributed by atoms with van der Waals surface area (Å²) in [5, 5.41) is 9.93. The molecule has 0 spiro atoms.